The Hall–Kier alpha value is -1.92. The first kappa shape index (κ1) is 15.5. The predicted octanol–water partition coefficient (Wildman–Crippen LogP) is 0.762. The smallest absolute Gasteiger partial charge is 0.236 e. The molecule has 0 saturated carbocycles. The van der Waals surface area contributed by atoms with Crippen molar-refractivity contribution in [1.29, 1.82) is 0 Å². The normalized spacial score (nSPS) is 15.6. The quantitative estimate of drug-likeness (QED) is 0.621. The van der Waals surface area contributed by atoms with E-state index in [1.807, 2.05) is 30.3 Å². The van der Waals surface area contributed by atoms with Crippen LogP contribution in [-0.2, 0) is 9.53 Å². The standard InChI is InChI=1S/C15H19N3O2S/c16-14(19)11-17-10-13(12-4-2-1-3-5-12)15(21)18-6-8-20-9-7-18/h1-5,10,17H,6-9,11H2,(H2,16,19)/b13-10+. The Morgan fingerprint density at radius 1 is 1.33 bits per heavy atom. The van der Waals surface area contributed by atoms with Crippen LogP contribution in [0.4, 0.5) is 0 Å². The summed E-state index contributed by atoms with van der Waals surface area (Å²) in [5.41, 5.74) is 7.03. The molecule has 2 rings (SSSR count). The van der Waals surface area contributed by atoms with Gasteiger partial charge >= 0.3 is 0 Å². The van der Waals surface area contributed by atoms with E-state index in [0.29, 0.717) is 13.2 Å². The van der Waals surface area contributed by atoms with Crippen molar-refractivity contribution in [2.75, 3.05) is 32.8 Å². The van der Waals surface area contributed by atoms with E-state index in [2.05, 4.69) is 10.2 Å². The van der Waals surface area contributed by atoms with E-state index in [0.717, 1.165) is 29.2 Å². The molecule has 0 aliphatic carbocycles. The Morgan fingerprint density at radius 2 is 2.00 bits per heavy atom. The molecule has 1 heterocycles. The Labute approximate surface area is 129 Å². The minimum absolute atomic E-state index is 0.0854. The molecular formula is C15H19N3O2S. The van der Waals surface area contributed by atoms with Gasteiger partial charge in [-0.15, -0.1) is 0 Å². The van der Waals surface area contributed by atoms with Crippen molar-refractivity contribution in [2.24, 2.45) is 5.73 Å². The van der Waals surface area contributed by atoms with Crippen molar-refractivity contribution in [2.45, 2.75) is 0 Å². The van der Waals surface area contributed by atoms with Gasteiger partial charge in [0.2, 0.25) is 5.91 Å². The Balaban J connectivity index is 2.18. The van der Waals surface area contributed by atoms with Gasteiger partial charge in [0.1, 0.15) is 4.99 Å². The Morgan fingerprint density at radius 3 is 2.62 bits per heavy atom. The number of hydrogen-bond acceptors (Lipinski definition) is 4. The molecule has 1 amide bonds. The summed E-state index contributed by atoms with van der Waals surface area (Å²) in [4.78, 5) is 13.7. The number of carbonyl (C=O) groups excluding carboxylic acids is 1. The summed E-state index contributed by atoms with van der Waals surface area (Å²) in [6.45, 7) is 2.99. The van der Waals surface area contributed by atoms with Crippen LogP contribution in [0.3, 0.4) is 0 Å². The summed E-state index contributed by atoms with van der Waals surface area (Å²) < 4.78 is 5.35. The van der Waals surface area contributed by atoms with Gasteiger partial charge in [-0.1, -0.05) is 42.5 Å². The molecule has 0 radical (unpaired) electrons. The number of ether oxygens (including phenoxy) is 1. The van der Waals surface area contributed by atoms with Gasteiger partial charge in [0.05, 0.1) is 19.8 Å². The maximum atomic E-state index is 10.9. The molecule has 6 heteroatoms. The van der Waals surface area contributed by atoms with Crippen molar-refractivity contribution in [3.05, 3.63) is 42.1 Å². The lowest BCUT2D eigenvalue weighted by Crippen LogP contribution is -2.40. The van der Waals surface area contributed by atoms with E-state index in [1.54, 1.807) is 6.20 Å². The van der Waals surface area contributed by atoms with Gasteiger partial charge in [0, 0.05) is 24.9 Å². The second-order valence-electron chi connectivity index (χ2n) is 4.68. The average Bonchev–Trinajstić information content (AvgIpc) is 2.52. The minimum atomic E-state index is -0.407. The lowest BCUT2D eigenvalue weighted by atomic mass is 10.1. The number of thiocarbonyl (C=S) groups is 1. The average molecular weight is 305 g/mol. The molecule has 21 heavy (non-hydrogen) atoms. The SMILES string of the molecule is NC(=O)CN/C=C(/C(=S)N1CCOCC1)c1ccccc1. The first-order valence-corrected chi connectivity index (χ1v) is 7.23. The number of nitrogens with zero attached hydrogens (tertiary/aromatic N) is 1. The van der Waals surface area contributed by atoms with Gasteiger partial charge in [-0.3, -0.25) is 4.79 Å². The van der Waals surface area contributed by atoms with Gasteiger partial charge in [0.15, 0.2) is 0 Å². The number of nitrogens with two attached hydrogens (primary N) is 1. The molecule has 112 valence electrons. The third-order valence-electron chi connectivity index (χ3n) is 3.14. The molecule has 0 unspecified atom stereocenters. The Kier molecular flexibility index (Phi) is 5.71. The van der Waals surface area contributed by atoms with Crippen LogP contribution in [0.5, 0.6) is 0 Å². The van der Waals surface area contributed by atoms with Gasteiger partial charge in [-0.25, -0.2) is 0 Å². The second-order valence-corrected chi connectivity index (χ2v) is 5.06. The number of benzene rings is 1. The van der Waals surface area contributed by atoms with Crippen LogP contribution in [-0.4, -0.2) is 48.6 Å². The van der Waals surface area contributed by atoms with Crippen LogP contribution in [0.1, 0.15) is 5.56 Å². The van der Waals surface area contributed by atoms with Crippen molar-refractivity contribution in [1.82, 2.24) is 10.2 Å². The van der Waals surface area contributed by atoms with Crippen LogP contribution in [0, 0.1) is 0 Å². The molecule has 1 aromatic carbocycles. The molecule has 1 aromatic rings. The molecular weight excluding hydrogens is 286 g/mol. The summed E-state index contributed by atoms with van der Waals surface area (Å²) >= 11 is 5.60. The highest BCUT2D eigenvalue weighted by Gasteiger charge is 2.18. The van der Waals surface area contributed by atoms with Gasteiger partial charge in [0.25, 0.3) is 0 Å². The summed E-state index contributed by atoms with van der Waals surface area (Å²) in [6.07, 6.45) is 1.76. The summed E-state index contributed by atoms with van der Waals surface area (Å²) in [5.74, 6) is -0.407. The summed E-state index contributed by atoms with van der Waals surface area (Å²) in [7, 11) is 0. The van der Waals surface area contributed by atoms with Crippen LogP contribution in [0.25, 0.3) is 5.57 Å². The topological polar surface area (TPSA) is 67.6 Å². The first-order valence-electron chi connectivity index (χ1n) is 6.83. The third kappa shape index (κ3) is 4.54. The minimum Gasteiger partial charge on any atom is -0.382 e. The van der Waals surface area contributed by atoms with Crippen LogP contribution in [0.15, 0.2) is 36.5 Å². The zero-order chi connectivity index (χ0) is 15.1. The predicted molar refractivity (Wildman–Crippen MR) is 86.6 cm³/mol. The van der Waals surface area contributed by atoms with Gasteiger partial charge in [-0.2, -0.15) is 0 Å². The van der Waals surface area contributed by atoms with Crippen molar-refractivity contribution < 1.29 is 9.53 Å². The van der Waals surface area contributed by atoms with Crippen LogP contribution < -0.4 is 11.1 Å². The number of morpholine rings is 1. The van der Waals surface area contributed by atoms with E-state index < -0.39 is 5.91 Å². The fraction of sp³-hybridized carbons (Fsp3) is 0.333. The van der Waals surface area contributed by atoms with E-state index in [9.17, 15) is 4.79 Å². The molecule has 0 aromatic heterocycles. The lowest BCUT2D eigenvalue weighted by Gasteiger charge is -2.30. The molecule has 1 fully saturated rings. The monoisotopic (exact) mass is 305 g/mol. The molecule has 1 aliphatic heterocycles. The van der Waals surface area contributed by atoms with Crippen LogP contribution >= 0.6 is 12.2 Å². The lowest BCUT2D eigenvalue weighted by molar-refractivity contribution is -0.117. The van der Waals surface area contributed by atoms with E-state index in [4.69, 9.17) is 22.7 Å². The van der Waals surface area contributed by atoms with Gasteiger partial charge in [-0.05, 0) is 5.56 Å². The second kappa shape index (κ2) is 7.75. The Bertz CT molecular complexity index is 525. The van der Waals surface area contributed by atoms with E-state index in [-0.39, 0.29) is 6.54 Å². The van der Waals surface area contributed by atoms with Crippen molar-refractivity contribution in [3.8, 4) is 0 Å². The van der Waals surface area contributed by atoms with Gasteiger partial charge < -0.3 is 20.7 Å². The summed E-state index contributed by atoms with van der Waals surface area (Å²) in [6, 6.07) is 9.85. The number of rotatable bonds is 5. The maximum Gasteiger partial charge on any atom is 0.236 e. The molecule has 5 nitrogen and oxygen atoms in total. The van der Waals surface area contributed by atoms with Crippen molar-refractivity contribution in [3.63, 3.8) is 0 Å². The molecule has 1 aliphatic rings. The first-order chi connectivity index (χ1) is 10.2. The maximum absolute atomic E-state index is 10.9. The molecule has 1 saturated heterocycles. The third-order valence-corrected chi connectivity index (χ3v) is 3.61. The molecule has 3 N–H and O–H groups in total. The number of hydrogen-bond donors (Lipinski definition) is 2. The van der Waals surface area contributed by atoms with Crippen LogP contribution in [0.2, 0.25) is 0 Å². The van der Waals surface area contributed by atoms with E-state index in [1.165, 1.54) is 0 Å². The number of nitrogens with one attached hydrogen (secondary N) is 1. The molecule has 0 spiro atoms. The zero-order valence-electron chi connectivity index (χ0n) is 11.7. The fourth-order valence-corrected chi connectivity index (χ4v) is 2.44. The highest BCUT2D eigenvalue weighted by atomic mass is 32.1. The number of primary amides is 1. The summed E-state index contributed by atoms with van der Waals surface area (Å²) in [5, 5.41) is 2.92. The number of carbonyl (C=O) groups is 1. The number of amides is 1. The molecule has 0 atom stereocenters. The highest BCUT2D eigenvalue weighted by molar-refractivity contribution is 7.81. The zero-order valence-corrected chi connectivity index (χ0v) is 12.6. The fourth-order valence-electron chi connectivity index (χ4n) is 2.08. The van der Waals surface area contributed by atoms with E-state index >= 15 is 0 Å². The highest BCUT2D eigenvalue weighted by Crippen LogP contribution is 2.18. The van der Waals surface area contributed by atoms with Crippen molar-refractivity contribution >= 4 is 28.7 Å². The largest absolute Gasteiger partial charge is 0.382 e. The molecule has 0 bridgehead atoms.